The van der Waals surface area contributed by atoms with E-state index < -0.39 is 0 Å². The van der Waals surface area contributed by atoms with Gasteiger partial charge >= 0.3 is 0 Å². The Morgan fingerprint density at radius 2 is 1.81 bits per heavy atom. The first-order valence-electron chi connectivity index (χ1n) is 8.67. The van der Waals surface area contributed by atoms with E-state index in [0.29, 0.717) is 11.4 Å². The summed E-state index contributed by atoms with van der Waals surface area (Å²) in [5, 5.41) is 8.16. The van der Waals surface area contributed by atoms with Gasteiger partial charge in [0.05, 0.1) is 24.3 Å². The van der Waals surface area contributed by atoms with Crippen molar-refractivity contribution in [3.63, 3.8) is 0 Å². The molecule has 0 spiro atoms. The minimum absolute atomic E-state index is 0.0220. The quantitative estimate of drug-likeness (QED) is 0.693. The molecule has 0 saturated carbocycles. The zero-order chi connectivity index (χ0) is 18.5. The van der Waals surface area contributed by atoms with Crippen molar-refractivity contribution in [1.29, 1.82) is 0 Å². The molecule has 3 aromatic rings. The molecule has 3 rings (SSSR count). The number of carbonyl (C=O) groups is 1. The molecule has 0 fully saturated rings. The molecule has 2 aromatic carbocycles. The van der Waals surface area contributed by atoms with Crippen LogP contribution in [0.4, 0.5) is 0 Å². The molecular formula is C21H22ClN3O. The molecule has 1 atom stereocenters. The minimum Gasteiger partial charge on any atom is -0.349 e. The normalized spacial score (nSPS) is 12.2. The second-order valence-electron chi connectivity index (χ2n) is 6.65. The summed E-state index contributed by atoms with van der Waals surface area (Å²) in [6.45, 7) is 4.18. The van der Waals surface area contributed by atoms with Crippen LogP contribution in [0.15, 0.2) is 67.0 Å². The minimum atomic E-state index is -0.0519. The molecule has 0 aliphatic rings. The summed E-state index contributed by atoms with van der Waals surface area (Å²) < 4.78 is 1.78. The number of hydrogen-bond donors (Lipinski definition) is 1. The summed E-state index contributed by atoms with van der Waals surface area (Å²) in [6, 6.07) is 17.4. The van der Waals surface area contributed by atoms with Crippen LogP contribution in [0.2, 0.25) is 5.02 Å². The summed E-state index contributed by atoms with van der Waals surface area (Å²) >= 11 is 5.97. The van der Waals surface area contributed by atoms with Gasteiger partial charge in [-0.25, -0.2) is 4.68 Å². The fourth-order valence-corrected chi connectivity index (χ4v) is 3.01. The number of carbonyl (C=O) groups excluding carboxylic acids is 1. The lowest BCUT2D eigenvalue weighted by atomic mass is 9.96. The maximum Gasteiger partial charge on any atom is 0.225 e. The molecular weight excluding hydrogens is 346 g/mol. The van der Waals surface area contributed by atoms with E-state index in [-0.39, 0.29) is 17.9 Å². The number of halogens is 1. The predicted octanol–water partition coefficient (Wildman–Crippen LogP) is 4.58. The van der Waals surface area contributed by atoms with Crippen LogP contribution in [0.1, 0.15) is 31.0 Å². The van der Waals surface area contributed by atoms with Crippen LogP contribution < -0.4 is 5.32 Å². The molecule has 1 amide bonds. The first-order chi connectivity index (χ1) is 12.5. The van der Waals surface area contributed by atoms with Crippen molar-refractivity contribution in [3.05, 3.63) is 83.1 Å². The highest BCUT2D eigenvalue weighted by Crippen LogP contribution is 2.23. The standard InChI is InChI=1S/C21H22ClN3O/c1-15(2)21(17-8-10-18(22)11-9-17)24-20(26)12-16-13-23-25(14-16)19-6-4-3-5-7-19/h3-11,13-15,21H,12H2,1-2H3,(H,24,26). The van der Waals surface area contributed by atoms with E-state index >= 15 is 0 Å². The largest absolute Gasteiger partial charge is 0.349 e. The van der Waals surface area contributed by atoms with Crippen LogP contribution in [0.3, 0.4) is 0 Å². The van der Waals surface area contributed by atoms with Crippen molar-refractivity contribution in [2.24, 2.45) is 5.92 Å². The highest BCUT2D eigenvalue weighted by atomic mass is 35.5. The van der Waals surface area contributed by atoms with Gasteiger partial charge in [-0.2, -0.15) is 5.10 Å². The van der Waals surface area contributed by atoms with Gasteiger partial charge in [0.25, 0.3) is 0 Å². The Kier molecular flexibility index (Phi) is 5.74. The number of aromatic nitrogens is 2. The third-order valence-electron chi connectivity index (χ3n) is 4.23. The zero-order valence-electron chi connectivity index (χ0n) is 14.9. The van der Waals surface area contributed by atoms with Crippen LogP contribution in [0.5, 0.6) is 0 Å². The number of para-hydroxylation sites is 1. The maximum atomic E-state index is 12.5. The first kappa shape index (κ1) is 18.2. The fraction of sp³-hybridized carbons (Fsp3) is 0.238. The van der Waals surface area contributed by atoms with Crippen molar-refractivity contribution < 1.29 is 4.79 Å². The third-order valence-corrected chi connectivity index (χ3v) is 4.49. The molecule has 0 aliphatic heterocycles. The molecule has 1 unspecified atom stereocenters. The van der Waals surface area contributed by atoms with Gasteiger partial charge in [0, 0.05) is 11.2 Å². The van der Waals surface area contributed by atoms with E-state index in [9.17, 15) is 4.79 Å². The van der Waals surface area contributed by atoms with Gasteiger partial charge in [0.15, 0.2) is 0 Å². The topological polar surface area (TPSA) is 46.9 Å². The van der Waals surface area contributed by atoms with Crippen molar-refractivity contribution in [1.82, 2.24) is 15.1 Å². The van der Waals surface area contributed by atoms with Gasteiger partial charge in [-0.15, -0.1) is 0 Å². The second-order valence-corrected chi connectivity index (χ2v) is 7.08. The highest BCUT2D eigenvalue weighted by Gasteiger charge is 2.18. The van der Waals surface area contributed by atoms with E-state index in [1.165, 1.54) is 0 Å². The van der Waals surface area contributed by atoms with E-state index in [1.807, 2.05) is 60.8 Å². The summed E-state index contributed by atoms with van der Waals surface area (Å²) in [7, 11) is 0. The number of amides is 1. The molecule has 26 heavy (non-hydrogen) atoms. The van der Waals surface area contributed by atoms with Crippen molar-refractivity contribution in [3.8, 4) is 5.69 Å². The Labute approximate surface area is 158 Å². The number of nitrogens with one attached hydrogen (secondary N) is 1. The van der Waals surface area contributed by atoms with Crippen LogP contribution in [0.25, 0.3) is 5.69 Å². The van der Waals surface area contributed by atoms with E-state index in [0.717, 1.165) is 16.8 Å². The summed E-state index contributed by atoms with van der Waals surface area (Å²) in [6.07, 6.45) is 3.92. The Hall–Kier alpha value is -2.59. The van der Waals surface area contributed by atoms with E-state index in [2.05, 4.69) is 24.3 Å². The van der Waals surface area contributed by atoms with E-state index in [4.69, 9.17) is 11.6 Å². The molecule has 1 aromatic heterocycles. The molecule has 0 bridgehead atoms. The Bertz CT molecular complexity index is 856. The lowest BCUT2D eigenvalue weighted by Gasteiger charge is -2.23. The van der Waals surface area contributed by atoms with Crippen LogP contribution in [0, 0.1) is 5.92 Å². The van der Waals surface area contributed by atoms with Gasteiger partial charge in [-0.1, -0.05) is 55.8 Å². The summed E-state index contributed by atoms with van der Waals surface area (Å²) in [4.78, 5) is 12.5. The monoisotopic (exact) mass is 367 g/mol. The fourth-order valence-electron chi connectivity index (χ4n) is 2.89. The van der Waals surface area contributed by atoms with Crippen molar-refractivity contribution in [2.45, 2.75) is 26.3 Å². The lowest BCUT2D eigenvalue weighted by molar-refractivity contribution is -0.121. The predicted molar refractivity (Wildman–Crippen MR) is 104 cm³/mol. The van der Waals surface area contributed by atoms with Gasteiger partial charge < -0.3 is 5.32 Å². The van der Waals surface area contributed by atoms with Crippen LogP contribution >= 0.6 is 11.6 Å². The molecule has 4 nitrogen and oxygen atoms in total. The molecule has 1 heterocycles. The Morgan fingerprint density at radius 1 is 1.12 bits per heavy atom. The number of benzene rings is 2. The molecule has 0 aliphatic carbocycles. The van der Waals surface area contributed by atoms with Gasteiger partial charge in [0.2, 0.25) is 5.91 Å². The summed E-state index contributed by atoms with van der Waals surface area (Å²) in [5.74, 6) is 0.249. The lowest BCUT2D eigenvalue weighted by Crippen LogP contribution is -2.32. The number of rotatable bonds is 6. The SMILES string of the molecule is CC(C)C(NC(=O)Cc1cnn(-c2ccccc2)c1)c1ccc(Cl)cc1. The molecule has 5 heteroatoms. The maximum absolute atomic E-state index is 12.5. The first-order valence-corrected chi connectivity index (χ1v) is 9.04. The van der Waals surface area contributed by atoms with Gasteiger partial charge in [0.1, 0.15) is 0 Å². The number of hydrogen-bond acceptors (Lipinski definition) is 2. The van der Waals surface area contributed by atoms with Crippen molar-refractivity contribution in [2.75, 3.05) is 0 Å². The van der Waals surface area contributed by atoms with E-state index in [1.54, 1.807) is 10.9 Å². The van der Waals surface area contributed by atoms with Gasteiger partial charge in [-0.05, 0) is 41.3 Å². The summed E-state index contributed by atoms with van der Waals surface area (Å²) in [5.41, 5.74) is 2.91. The average Bonchev–Trinajstić information content (AvgIpc) is 3.09. The molecule has 1 N–H and O–H groups in total. The Morgan fingerprint density at radius 3 is 2.46 bits per heavy atom. The zero-order valence-corrected chi connectivity index (χ0v) is 15.6. The smallest absolute Gasteiger partial charge is 0.225 e. The molecule has 0 saturated heterocycles. The number of nitrogens with zero attached hydrogens (tertiary/aromatic N) is 2. The Balaban J connectivity index is 1.67. The second kappa shape index (κ2) is 8.19. The van der Waals surface area contributed by atoms with Crippen molar-refractivity contribution >= 4 is 17.5 Å². The average molecular weight is 368 g/mol. The van der Waals surface area contributed by atoms with Crippen LogP contribution in [-0.4, -0.2) is 15.7 Å². The highest BCUT2D eigenvalue weighted by molar-refractivity contribution is 6.30. The van der Waals surface area contributed by atoms with Crippen LogP contribution in [-0.2, 0) is 11.2 Å². The third kappa shape index (κ3) is 4.52. The molecule has 0 radical (unpaired) electrons. The molecule has 134 valence electrons. The van der Waals surface area contributed by atoms with Gasteiger partial charge in [-0.3, -0.25) is 4.79 Å².